The van der Waals surface area contributed by atoms with Gasteiger partial charge < -0.3 is 10.4 Å². The van der Waals surface area contributed by atoms with Crippen LogP contribution in [-0.2, 0) is 22.3 Å². The number of hydrogen-bond acceptors (Lipinski definition) is 6. The van der Waals surface area contributed by atoms with Gasteiger partial charge in [0.2, 0.25) is 0 Å². The van der Waals surface area contributed by atoms with Gasteiger partial charge in [-0.05, 0) is 91.5 Å². The van der Waals surface area contributed by atoms with Gasteiger partial charge in [-0.25, -0.2) is 4.79 Å². The highest BCUT2D eigenvalue weighted by molar-refractivity contribution is 8.18. The van der Waals surface area contributed by atoms with Crippen molar-refractivity contribution in [3.05, 3.63) is 69.2 Å². The lowest BCUT2D eigenvalue weighted by atomic mass is 9.90. The monoisotopic (exact) mass is 592 g/mol. The van der Waals surface area contributed by atoms with Crippen molar-refractivity contribution >= 4 is 57.5 Å². The van der Waals surface area contributed by atoms with Crippen molar-refractivity contribution in [3.63, 3.8) is 0 Å². The molecule has 40 heavy (non-hydrogen) atoms. The van der Waals surface area contributed by atoms with Gasteiger partial charge in [-0.3, -0.25) is 19.2 Å². The van der Waals surface area contributed by atoms with Crippen LogP contribution < -0.4 is 5.32 Å². The van der Waals surface area contributed by atoms with Crippen LogP contribution in [-0.4, -0.2) is 56.0 Å². The van der Waals surface area contributed by atoms with Crippen LogP contribution >= 0.6 is 23.4 Å². The van der Waals surface area contributed by atoms with E-state index in [1.807, 2.05) is 0 Å². The summed E-state index contributed by atoms with van der Waals surface area (Å²) in [5.74, 6) is -1.78. The fourth-order valence-electron chi connectivity index (χ4n) is 5.08. The minimum Gasteiger partial charge on any atom is -0.480 e. The van der Waals surface area contributed by atoms with Crippen molar-refractivity contribution < 1.29 is 32.7 Å². The predicted octanol–water partition coefficient (Wildman–Crippen LogP) is 5.64. The lowest BCUT2D eigenvalue weighted by molar-refractivity contribution is -0.146. The van der Waals surface area contributed by atoms with E-state index in [4.69, 9.17) is 11.6 Å². The van der Waals surface area contributed by atoms with Gasteiger partial charge in [0.05, 0.1) is 28.7 Å². The van der Waals surface area contributed by atoms with E-state index in [1.165, 1.54) is 29.1 Å². The van der Waals surface area contributed by atoms with Gasteiger partial charge in [0.1, 0.15) is 6.04 Å². The maximum Gasteiger partial charge on any atom is 0.416 e. The summed E-state index contributed by atoms with van der Waals surface area (Å²) in [5, 5.41) is 17.2. The first kappa shape index (κ1) is 28.2. The summed E-state index contributed by atoms with van der Waals surface area (Å²) in [7, 11) is 0. The van der Waals surface area contributed by atoms with Crippen LogP contribution in [0, 0.1) is 5.92 Å². The topological polar surface area (TPSA) is 105 Å². The third kappa shape index (κ3) is 5.89. The highest BCUT2D eigenvalue weighted by Crippen LogP contribution is 2.37. The first-order chi connectivity index (χ1) is 19.0. The van der Waals surface area contributed by atoms with E-state index in [2.05, 4.69) is 10.4 Å². The number of carboxylic acids is 1. The number of halogens is 4. The molecule has 13 heteroatoms. The number of carboxylic acid groups (broad SMARTS) is 1. The van der Waals surface area contributed by atoms with Crippen LogP contribution in [0.15, 0.2) is 47.5 Å². The van der Waals surface area contributed by atoms with Crippen LogP contribution in [0.3, 0.4) is 0 Å². The van der Waals surface area contributed by atoms with Crippen LogP contribution in [0.5, 0.6) is 0 Å². The molecule has 2 N–H and O–H groups in total. The maximum atomic E-state index is 13.5. The zero-order valence-electron chi connectivity index (χ0n) is 20.9. The van der Waals surface area contributed by atoms with Crippen LogP contribution in [0.4, 0.5) is 18.0 Å². The Kier molecular flexibility index (Phi) is 7.94. The Bertz CT molecular complexity index is 1520. The summed E-state index contributed by atoms with van der Waals surface area (Å²) in [5.41, 5.74) is 0.305. The zero-order valence-corrected chi connectivity index (χ0v) is 22.5. The van der Waals surface area contributed by atoms with E-state index in [1.54, 1.807) is 18.2 Å². The molecule has 2 amide bonds. The molecular formula is C27H24ClF3N4O4S. The zero-order chi connectivity index (χ0) is 28.6. The number of carbonyl (C=O) groups is 3. The Hall–Kier alpha value is -3.35. The third-order valence-corrected chi connectivity index (χ3v) is 8.22. The van der Waals surface area contributed by atoms with Crippen molar-refractivity contribution in [1.29, 1.82) is 0 Å². The number of hydrogen-bond donors (Lipinski definition) is 2. The first-order valence-electron chi connectivity index (χ1n) is 12.5. The largest absolute Gasteiger partial charge is 0.480 e. The highest BCUT2D eigenvalue weighted by atomic mass is 35.5. The standard InChI is InChI=1S/C27H24ClF3N4O4S/c28-19-3-2-17(20(12-19)27(29,30)31)14-34-21-4-1-16(9-18(21)13-33-34)11-23-24(36)35(26(39)40-23)22(25(37)38)10-15-5-7-32-8-6-15/h1-4,9,11-13,15,22,32H,5-8,10,14H2,(H,37,38)/b23-11-. The number of alkyl halides is 3. The average Bonchev–Trinajstić information content (AvgIpc) is 3.42. The number of piperidine rings is 1. The molecule has 210 valence electrons. The second-order valence-corrected chi connectivity index (χ2v) is 11.2. The van der Waals surface area contributed by atoms with E-state index in [9.17, 15) is 32.7 Å². The number of aromatic nitrogens is 2. The average molecular weight is 593 g/mol. The number of rotatable bonds is 7. The summed E-state index contributed by atoms with van der Waals surface area (Å²) in [6.45, 7) is 1.39. The molecule has 0 spiro atoms. The molecule has 2 aromatic carbocycles. The Labute approximate surface area is 236 Å². The summed E-state index contributed by atoms with van der Waals surface area (Å²) in [6.07, 6.45) is 0.190. The van der Waals surface area contributed by atoms with Gasteiger partial charge >= 0.3 is 12.1 Å². The number of fused-ring (bicyclic) bond motifs is 1. The lowest BCUT2D eigenvalue weighted by Crippen LogP contribution is -2.46. The highest BCUT2D eigenvalue weighted by Gasteiger charge is 2.43. The number of carbonyl (C=O) groups excluding carboxylic acids is 2. The molecule has 0 radical (unpaired) electrons. The van der Waals surface area contributed by atoms with Crippen LogP contribution in [0.1, 0.15) is 36.0 Å². The minimum absolute atomic E-state index is 0.0112. The maximum absolute atomic E-state index is 13.5. The number of amides is 2. The Morgan fingerprint density at radius 1 is 1.20 bits per heavy atom. The molecule has 3 heterocycles. The molecule has 8 nitrogen and oxygen atoms in total. The van der Waals surface area contributed by atoms with E-state index in [0.29, 0.717) is 28.2 Å². The normalized spacial score (nSPS) is 18.7. The molecule has 5 rings (SSSR count). The van der Waals surface area contributed by atoms with E-state index < -0.39 is 34.9 Å². The Balaban J connectivity index is 1.37. The summed E-state index contributed by atoms with van der Waals surface area (Å²) in [4.78, 5) is 38.8. The number of imide groups is 1. The number of nitrogens with zero attached hydrogens (tertiary/aromatic N) is 3. The van der Waals surface area contributed by atoms with Crippen molar-refractivity contribution in [2.24, 2.45) is 5.92 Å². The number of nitrogens with one attached hydrogen (secondary N) is 1. The van der Waals surface area contributed by atoms with Gasteiger partial charge in [-0.2, -0.15) is 18.3 Å². The van der Waals surface area contributed by atoms with Crippen molar-refractivity contribution in [3.8, 4) is 0 Å². The fraction of sp³-hybridized carbons (Fsp3) is 0.333. The molecule has 2 aliphatic rings. The van der Waals surface area contributed by atoms with Gasteiger partial charge in [0, 0.05) is 10.4 Å². The first-order valence-corrected chi connectivity index (χ1v) is 13.7. The van der Waals surface area contributed by atoms with Gasteiger partial charge in [0.15, 0.2) is 0 Å². The van der Waals surface area contributed by atoms with Gasteiger partial charge in [-0.15, -0.1) is 0 Å². The molecule has 3 aromatic rings. The molecule has 0 saturated carbocycles. The Morgan fingerprint density at radius 2 is 1.95 bits per heavy atom. The van der Waals surface area contributed by atoms with Crippen molar-refractivity contribution in [2.45, 2.75) is 38.0 Å². The molecule has 2 fully saturated rings. The third-order valence-electron chi connectivity index (χ3n) is 7.10. The van der Waals surface area contributed by atoms with Crippen LogP contribution in [0.2, 0.25) is 5.02 Å². The summed E-state index contributed by atoms with van der Waals surface area (Å²) >= 11 is 6.47. The summed E-state index contributed by atoms with van der Waals surface area (Å²) in [6, 6.07) is 7.38. The lowest BCUT2D eigenvalue weighted by Gasteiger charge is -2.28. The van der Waals surface area contributed by atoms with E-state index in [-0.39, 0.29) is 34.4 Å². The molecule has 1 unspecified atom stereocenters. The molecule has 1 aromatic heterocycles. The van der Waals surface area contributed by atoms with E-state index >= 15 is 0 Å². The summed E-state index contributed by atoms with van der Waals surface area (Å²) < 4.78 is 42.0. The predicted molar refractivity (Wildman–Crippen MR) is 145 cm³/mol. The van der Waals surface area contributed by atoms with Gasteiger partial charge in [-0.1, -0.05) is 23.7 Å². The quantitative estimate of drug-likeness (QED) is 0.342. The van der Waals surface area contributed by atoms with Crippen LogP contribution in [0.25, 0.3) is 17.0 Å². The molecule has 0 bridgehead atoms. The minimum atomic E-state index is -4.58. The van der Waals surface area contributed by atoms with Gasteiger partial charge in [0.25, 0.3) is 11.1 Å². The molecule has 2 aliphatic heterocycles. The fourth-order valence-corrected chi connectivity index (χ4v) is 6.13. The molecule has 2 saturated heterocycles. The van der Waals surface area contributed by atoms with Crippen molar-refractivity contribution in [2.75, 3.05) is 13.1 Å². The SMILES string of the molecule is O=C(O)C(CC1CCNCC1)N1C(=O)S/C(=C\c2ccc3c(cnn3Cc3ccc(Cl)cc3C(F)(F)F)c2)C1=O. The Morgan fingerprint density at radius 3 is 2.65 bits per heavy atom. The number of thioether (sulfide) groups is 1. The number of benzene rings is 2. The second kappa shape index (κ2) is 11.3. The molecule has 1 atom stereocenters. The van der Waals surface area contributed by atoms with Crippen molar-refractivity contribution in [1.82, 2.24) is 20.0 Å². The molecular weight excluding hydrogens is 569 g/mol. The smallest absolute Gasteiger partial charge is 0.416 e. The second-order valence-electron chi connectivity index (χ2n) is 9.75. The van der Waals surface area contributed by atoms with E-state index in [0.717, 1.165) is 36.9 Å². The number of aliphatic carboxylic acids is 1. The molecule has 0 aliphatic carbocycles.